The first-order chi connectivity index (χ1) is 36.4. The zero-order valence-electron chi connectivity index (χ0n) is 56.1. The van der Waals surface area contributed by atoms with E-state index in [0.717, 1.165) is 95.9 Å². The maximum Gasteiger partial charge on any atom is 4.00 e. The average molecular weight is 1220 g/mol. The molecule has 6 rings (SSSR count). The van der Waals surface area contributed by atoms with Crippen molar-refractivity contribution in [1.82, 2.24) is 0 Å². The maximum absolute atomic E-state index is 13.5. The summed E-state index contributed by atoms with van der Waals surface area (Å²) in [6.07, 6.45) is 15.3. The van der Waals surface area contributed by atoms with E-state index in [-0.39, 0.29) is 145 Å². The minimum Gasteiger partial charge on any atom is -2.00 e. The molecular formula is C72H104N4O6Ti2. The Morgan fingerprint density at radius 2 is 0.440 bits per heavy atom. The molecule has 0 radical (unpaired) electrons. The summed E-state index contributed by atoms with van der Waals surface area (Å²) in [6, 6.07) is 16.3. The van der Waals surface area contributed by atoms with E-state index < -0.39 is 0 Å². The molecule has 84 heavy (non-hydrogen) atoms. The number of rotatable bonds is 8. The third-order valence-electron chi connectivity index (χ3n) is 16.2. The van der Waals surface area contributed by atoms with Gasteiger partial charge in [0.15, 0.2) is 0 Å². The normalized spacial score (nSPS) is 18.7. The molecule has 2 saturated carbocycles. The molecule has 0 N–H and O–H groups in total. The molecule has 0 unspecified atom stereocenters. The van der Waals surface area contributed by atoms with Gasteiger partial charge in [-0.1, -0.05) is 263 Å². The first-order valence-electron chi connectivity index (χ1n) is 30.0. The number of benzene rings is 4. The van der Waals surface area contributed by atoms with E-state index in [0.29, 0.717) is 22.3 Å². The molecule has 0 amide bonds. The van der Waals surface area contributed by atoms with Crippen LogP contribution >= 0.6 is 0 Å². The van der Waals surface area contributed by atoms with E-state index in [1.165, 1.54) is 0 Å². The molecule has 2 fully saturated rings. The fourth-order valence-electron chi connectivity index (χ4n) is 10.5. The van der Waals surface area contributed by atoms with Crippen LogP contribution < -0.4 is 20.4 Å². The SMILES string of the molecule is CC(C)(C)c1cc(C=N[C@@H]2CCCC[C@H]2N=Cc2cc(C(C)(C)C)cc(C(C)(C)C)c2[O-])c([O-])c(C(C)(C)C)c1.CC(C)(C)c1cc(C=N[C@@H]2CCCC[C@H]2N=Cc2cc(C(C)(C)C)cc(C(C)(C)C)c2[O-])c([O-])c(C(C)(C)C)c1.[O-2].[O-2].[Ti+4].[Ti+4]. The van der Waals surface area contributed by atoms with Gasteiger partial charge in [-0.15, -0.1) is 0 Å². The summed E-state index contributed by atoms with van der Waals surface area (Å²) in [5.41, 5.74) is 9.24. The van der Waals surface area contributed by atoms with Crippen LogP contribution in [-0.2, 0) is 97.7 Å². The molecule has 0 heterocycles. The standard InChI is InChI=1S/2C36H54N2O2.2O.2Ti/c2*1-33(2,3)25-17-23(31(39)27(19-25)35(7,8)9)21-37-29-15-13-14-16-30(29)38-22-24-18-26(34(4,5)6)20-28(32(24)40)36(10,11)12;;;;/h2*17-22,29-30,39-40H,13-16H2,1-12H3;;;;/q;;2*-2;2*+4/p-4/t2*29-,30-;;;;/m11..../s1. The van der Waals surface area contributed by atoms with Crippen LogP contribution in [0.4, 0.5) is 0 Å². The van der Waals surface area contributed by atoms with Crippen molar-refractivity contribution >= 4 is 24.9 Å². The van der Waals surface area contributed by atoms with Crippen LogP contribution in [0.1, 0.15) is 284 Å². The topological polar surface area (TPSA) is 199 Å². The van der Waals surface area contributed by atoms with Crippen molar-refractivity contribution in [2.75, 3.05) is 0 Å². The second-order valence-corrected chi connectivity index (χ2v) is 31.7. The first-order valence-corrected chi connectivity index (χ1v) is 30.0. The molecule has 4 aromatic carbocycles. The molecule has 10 nitrogen and oxygen atoms in total. The Balaban J connectivity index is 0.000000802. The minimum absolute atomic E-state index is 0. The number of aliphatic imine (C=N–C) groups is 4. The third-order valence-corrected chi connectivity index (χ3v) is 16.2. The molecule has 2 aliphatic rings. The molecule has 0 saturated heterocycles. The largest absolute Gasteiger partial charge is 4.00 e. The van der Waals surface area contributed by atoms with E-state index in [2.05, 4.69) is 190 Å². The van der Waals surface area contributed by atoms with Gasteiger partial charge in [0.25, 0.3) is 0 Å². The van der Waals surface area contributed by atoms with Gasteiger partial charge in [0.1, 0.15) is 0 Å². The minimum atomic E-state index is -0.248. The van der Waals surface area contributed by atoms with Crippen LogP contribution in [0.15, 0.2) is 68.5 Å². The fourth-order valence-corrected chi connectivity index (χ4v) is 10.5. The van der Waals surface area contributed by atoms with E-state index in [1.807, 2.05) is 24.3 Å². The number of hydrogen-bond acceptors (Lipinski definition) is 8. The molecule has 12 heteroatoms. The van der Waals surface area contributed by atoms with Crippen LogP contribution in [0.3, 0.4) is 0 Å². The van der Waals surface area contributed by atoms with Gasteiger partial charge in [-0.2, -0.15) is 0 Å². The Bertz CT molecular complexity index is 2540. The summed E-state index contributed by atoms with van der Waals surface area (Å²) in [5, 5.41) is 53.9. The summed E-state index contributed by atoms with van der Waals surface area (Å²) in [6.45, 7) is 51.2. The van der Waals surface area contributed by atoms with Gasteiger partial charge in [0, 0.05) is 24.9 Å². The van der Waals surface area contributed by atoms with Crippen LogP contribution in [-0.4, -0.2) is 49.0 Å². The van der Waals surface area contributed by atoms with Crippen molar-refractivity contribution < 1.29 is 74.8 Å². The van der Waals surface area contributed by atoms with E-state index >= 15 is 0 Å². The summed E-state index contributed by atoms with van der Waals surface area (Å²) >= 11 is 0. The molecule has 456 valence electrons. The molecule has 0 aromatic heterocycles. The smallest absolute Gasteiger partial charge is 2.00 e. The summed E-state index contributed by atoms with van der Waals surface area (Å²) in [5.74, 6) is 0.240. The molecule has 0 spiro atoms. The average Bonchev–Trinajstić information content (AvgIpc) is 3.30. The van der Waals surface area contributed by atoms with Crippen molar-refractivity contribution in [2.45, 2.75) is 285 Å². The van der Waals surface area contributed by atoms with Crippen LogP contribution in [0.25, 0.3) is 0 Å². The maximum atomic E-state index is 13.5. The van der Waals surface area contributed by atoms with Gasteiger partial charge in [-0.25, -0.2) is 0 Å². The zero-order chi connectivity index (χ0) is 60.5. The van der Waals surface area contributed by atoms with Crippen molar-refractivity contribution in [1.29, 1.82) is 0 Å². The second-order valence-electron chi connectivity index (χ2n) is 31.7. The van der Waals surface area contributed by atoms with Crippen molar-refractivity contribution in [3.8, 4) is 23.0 Å². The Hall–Kier alpha value is -3.89. The number of hydrogen-bond donors (Lipinski definition) is 0. The van der Waals surface area contributed by atoms with Gasteiger partial charge >= 0.3 is 43.4 Å². The monoisotopic (exact) mass is 1220 g/mol. The predicted octanol–water partition coefficient (Wildman–Crippen LogP) is 15.5. The summed E-state index contributed by atoms with van der Waals surface area (Å²) in [7, 11) is 0. The van der Waals surface area contributed by atoms with Crippen LogP contribution in [0, 0.1) is 0 Å². The van der Waals surface area contributed by atoms with Gasteiger partial charge < -0.3 is 31.4 Å². The summed E-state index contributed by atoms with van der Waals surface area (Å²) in [4.78, 5) is 19.9. The molecule has 0 aliphatic heterocycles. The van der Waals surface area contributed by atoms with E-state index in [9.17, 15) is 20.4 Å². The van der Waals surface area contributed by atoms with Gasteiger partial charge in [0.2, 0.25) is 0 Å². The van der Waals surface area contributed by atoms with Crippen molar-refractivity contribution in [3.63, 3.8) is 0 Å². The van der Waals surface area contributed by atoms with Crippen molar-refractivity contribution in [3.05, 3.63) is 115 Å². The van der Waals surface area contributed by atoms with Crippen molar-refractivity contribution in [2.24, 2.45) is 20.0 Å². The third kappa shape index (κ3) is 20.6. The fraction of sp³-hybridized carbons (Fsp3) is 0.611. The van der Waals surface area contributed by atoms with E-state index in [4.69, 9.17) is 20.0 Å². The molecule has 0 bridgehead atoms. The van der Waals surface area contributed by atoms with Crippen LogP contribution in [0.5, 0.6) is 23.0 Å². The van der Waals surface area contributed by atoms with Gasteiger partial charge in [-0.05, 0) is 136 Å². The quantitative estimate of drug-likeness (QED) is 0.125. The molecular weight excluding hydrogens is 1110 g/mol. The Labute approximate surface area is 539 Å². The van der Waals surface area contributed by atoms with Gasteiger partial charge in [-0.3, -0.25) is 20.0 Å². The Morgan fingerprint density at radius 1 is 0.286 bits per heavy atom. The predicted molar refractivity (Wildman–Crippen MR) is 337 cm³/mol. The van der Waals surface area contributed by atoms with Gasteiger partial charge in [0.05, 0.1) is 24.2 Å². The number of nitrogens with zero attached hydrogens (tertiary/aromatic N) is 4. The summed E-state index contributed by atoms with van der Waals surface area (Å²) < 4.78 is 0. The molecule has 4 aromatic rings. The Morgan fingerprint density at radius 3 is 0.571 bits per heavy atom. The molecule has 2 aliphatic carbocycles. The van der Waals surface area contributed by atoms with Crippen LogP contribution in [0.2, 0.25) is 0 Å². The first kappa shape index (κ1) is 78.1. The second kappa shape index (κ2) is 29.4. The zero-order valence-corrected chi connectivity index (χ0v) is 59.3. The Kier molecular flexibility index (Phi) is 27.3. The van der Waals surface area contributed by atoms with E-state index in [1.54, 1.807) is 24.9 Å². The molecule has 4 atom stereocenters.